The zero-order valence-corrected chi connectivity index (χ0v) is 5.93. The van der Waals surface area contributed by atoms with Gasteiger partial charge in [0.1, 0.15) is 0 Å². The zero-order valence-electron chi connectivity index (χ0n) is 3.12. The summed E-state index contributed by atoms with van der Waals surface area (Å²) in [5, 5.41) is 1.39. The summed E-state index contributed by atoms with van der Waals surface area (Å²) in [6, 6.07) is 0. The van der Waals surface area contributed by atoms with Crippen LogP contribution < -0.4 is 0 Å². The largest absolute Gasteiger partial charge is 0.211 e. The summed E-state index contributed by atoms with van der Waals surface area (Å²) in [5.74, 6) is 0. The summed E-state index contributed by atoms with van der Waals surface area (Å²) in [6.45, 7) is 2.19. The van der Waals surface area contributed by atoms with E-state index in [9.17, 15) is 0 Å². The smallest absolute Gasteiger partial charge is 0.147 e. The van der Waals surface area contributed by atoms with Gasteiger partial charge in [0.05, 0.1) is 0 Å². The molecule has 0 nitrogen and oxygen atoms in total. The molecule has 0 saturated heterocycles. The highest BCUT2D eigenvalue weighted by Gasteiger charge is 1.41. The van der Waals surface area contributed by atoms with E-state index in [0.717, 1.165) is 0 Å². The van der Waals surface area contributed by atoms with Gasteiger partial charge in [-0.15, -0.1) is 17.7 Å². The molecule has 26 valence electrons. The van der Waals surface area contributed by atoms with Crippen molar-refractivity contribution in [2.75, 3.05) is 0 Å². The minimum absolute atomic E-state index is 0. The molecule has 0 aliphatic carbocycles. The van der Waals surface area contributed by atoms with E-state index in [1.54, 1.807) is 0 Å². The number of halogens is 1. The van der Waals surface area contributed by atoms with E-state index in [-0.39, 0.29) is 12.4 Å². The Morgan fingerprint density at radius 3 is 1.75 bits per heavy atom. The molecule has 0 fully saturated rings. The van der Waals surface area contributed by atoms with E-state index >= 15 is 0 Å². The third-order valence-electron chi connectivity index (χ3n) is 0. The highest BCUT2D eigenvalue weighted by atomic mass is 35.5. The number of rotatable bonds is 0. The molecule has 0 atom stereocenters. The van der Waals surface area contributed by atoms with Crippen molar-refractivity contribution in [3.8, 4) is 0 Å². The standard InChI is InChI=1S/C2H5.Al.ClH.2H/c1-2;;;;/h1H2,2H3;;1H;;. The first kappa shape index (κ1) is 8.85. The average molecular weight is 94.5 g/mol. The van der Waals surface area contributed by atoms with Gasteiger partial charge in [-0.1, -0.05) is 6.92 Å². The van der Waals surface area contributed by atoms with Crippen molar-refractivity contribution in [1.29, 1.82) is 0 Å². The highest BCUT2D eigenvalue weighted by molar-refractivity contribution is 6.08. The predicted molar refractivity (Wildman–Crippen MR) is 26.3 cm³/mol. The Balaban J connectivity index is 0. The molecule has 0 spiro atoms. The van der Waals surface area contributed by atoms with Gasteiger partial charge in [-0.25, -0.2) is 0 Å². The summed E-state index contributed by atoms with van der Waals surface area (Å²) in [6.07, 6.45) is 0. The molecule has 0 heterocycles. The van der Waals surface area contributed by atoms with Gasteiger partial charge in [-0.2, -0.15) is 0 Å². The number of hydrogen-bond donors (Lipinski definition) is 0. The third kappa shape index (κ3) is 13.9. The van der Waals surface area contributed by atoms with E-state index in [0.29, 0.717) is 0 Å². The lowest BCUT2D eigenvalue weighted by atomic mass is 11.0. The molecule has 0 radical (unpaired) electrons. The lowest BCUT2D eigenvalue weighted by Crippen LogP contribution is -1.41. The molecule has 0 rings (SSSR count). The Bertz CT molecular complexity index is 6.00. The highest BCUT2D eigenvalue weighted by Crippen LogP contribution is 1.49. The van der Waals surface area contributed by atoms with Crippen LogP contribution in [0.4, 0.5) is 0 Å². The van der Waals surface area contributed by atoms with Crippen LogP contribution >= 0.6 is 12.4 Å². The van der Waals surface area contributed by atoms with Crippen LogP contribution in [0.2, 0.25) is 5.28 Å². The molecule has 4 heavy (non-hydrogen) atoms. The summed E-state index contributed by atoms with van der Waals surface area (Å²) in [4.78, 5) is 0. The van der Waals surface area contributed by atoms with Gasteiger partial charge >= 0.3 is 0 Å². The molecule has 0 saturated carbocycles. The SMILES string of the molecule is C[CH2][AlH2].Cl. The lowest BCUT2D eigenvalue weighted by molar-refractivity contribution is 1.48. The van der Waals surface area contributed by atoms with E-state index in [2.05, 4.69) is 6.92 Å². The first-order chi connectivity index (χ1) is 1.41. The van der Waals surface area contributed by atoms with Crippen molar-refractivity contribution in [3.05, 3.63) is 0 Å². The lowest BCUT2D eigenvalue weighted by Gasteiger charge is -1.44. The molecule has 2 heteroatoms. The summed E-state index contributed by atoms with van der Waals surface area (Å²) in [5.41, 5.74) is 0. The molecule has 0 unspecified atom stereocenters. The maximum Gasteiger partial charge on any atom is 0.211 e. The van der Waals surface area contributed by atoms with Crippen LogP contribution in [0, 0.1) is 0 Å². The van der Waals surface area contributed by atoms with E-state index in [4.69, 9.17) is 0 Å². The van der Waals surface area contributed by atoms with Gasteiger partial charge in [0.15, 0.2) is 0 Å². The summed E-state index contributed by atoms with van der Waals surface area (Å²) < 4.78 is 0. The first-order valence-corrected chi connectivity index (χ1v) is 2.83. The van der Waals surface area contributed by atoms with Gasteiger partial charge in [0.2, 0.25) is 16.3 Å². The Hall–Kier alpha value is 0.822. The monoisotopic (exact) mass is 94.0 g/mol. The van der Waals surface area contributed by atoms with Crippen molar-refractivity contribution in [2.45, 2.75) is 12.2 Å². The van der Waals surface area contributed by atoms with Gasteiger partial charge in [0.25, 0.3) is 0 Å². The van der Waals surface area contributed by atoms with Crippen LogP contribution in [-0.2, 0) is 0 Å². The third-order valence-corrected chi connectivity index (χ3v) is 0. The van der Waals surface area contributed by atoms with Crippen LogP contribution in [-0.4, -0.2) is 16.3 Å². The van der Waals surface area contributed by atoms with Crippen molar-refractivity contribution >= 4 is 28.7 Å². The maximum atomic E-state index is 2.19. The fraction of sp³-hybridized carbons (Fsp3) is 1.00. The molecule has 0 aromatic heterocycles. The maximum absolute atomic E-state index is 2.19. The van der Waals surface area contributed by atoms with Crippen molar-refractivity contribution in [2.24, 2.45) is 0 Å². The Morgan fingerprint density at radius 2 is 1.75 bits per heavy atom. The fourth-order valence-electron chi connectivity index (χ4n) is 0. The van der Waals surface area contributed by atoms with E-state index in [1.165, 1.54) is 21.6 Å². The van der Waals surface area contributed by atoms with E-state index < -0.39 is 0 Å². The Kier molecular flexibility index (Phi) is 20.3. The second-order valence-corrected chi connectivity index (χ2v) is 2.12. The molecule has 0 aliphatic rings. The number of hydrogen-bond acceptors (Lipinski definition) is 0. The zero-order chi connectivity index (χ0) is 2.71. The molecule has 0 aromatic carbocycles. The van der Waals surface area contributed by atoms with Gasteiger partial charge in [0, 0.05) is 0 Å². The van der Waals surface area contributed by atoms with Crippen LogP contribution in [0.15, 0.2) is 0 Å². The van der Waals surface area contributed by atoms with Crippen LogP contribution in [0.1, 0.15) is 6.92 Å². The second kappa shape index (κ2) is 9.17. The fourth-order valence-corrected chi connectivity index (χ4v) is 0. The molecular weight excluding hydrogens is 86.5 g/mol. The van der Waals surface area contributed by atoms with Crippen molar-refractivity contribution in [1.82, 2.24) is 0 Å². The Labute approximate surface area is 41.4 Å². The molecule has 0 bridgehead atoms. The minimum Gasteiger partial charge on any atom is -0.147 e. The van der Waals surface area contributed by atoms with E-state index in [1.807, 2.05) is 0 Å². The minimum atomic E-state index is 0. The molecule has 0 aromatic rings. The topological polar surface area (TPSA) is 0 Å². The second-order valence-electron chi connectivity index (χ2n) is 0.707. The van der Waals surface area contributed by atoms with Crippen LogP contribution in [0.5, 0.6) is 0 Å². The average Bonchev–Trinajstić information content (AvgIpc) is 0.918. The molecule has 0 N–H and O–H groups in total. The van der Waals surface area contributed by atoms with Gasteiger partial charge in [-0.3, -0.25) is 0 Å². The summed E-state index contributed by atoms with van der Waals surface area (Å²) >= 11 is 1.37. The Morgan fingerprint density at radius 1 is 1.75 bits per heavy atom. The normalized spacial score (nSPS) is 4.25. The molecule has 0 aliphatic heterocycles. The predicted octanol–water partition coefficient (Wildman–Crippen LogP) is 0.479. The van der Waals surface area contributed by atoms with Crippen LogP contribution in [0.3, 0.4) is 0 Å². The van der Waals surface area contributed by atoms with Crippen LogP contribution in [0.25, 0.3) is 0 Å². The molecular formula is C2H8AlCl. The van der Waals surface area contributed by atoms with Gasteiger partial charge < -0.3 is 0 Å². The molecule has 0 amide bonds. The first-order valence-electron chi connectivity index (χ1n) is 1.41. The quantitative estimate of drug-likeness (QED) is 0.383. The van der Waals surface area contributed by atoms with Crippen molar-refractivity contribution in [3.63, 3.8) is 0 Å². The summed E-state index contributed by atoms with van der Waals surface area (Å²) in [7, 11) is 0. The van der Waals surface area contributed by atoms with Crippen molar-refractivity contribution < 1.29 is 0 Å². The van der Waals surface area contributed by atoms with Gasteiger partial charge in [-0.05, 0) is 0 Å².